The lowest BCUT2D eigenvalue weighted by Gasteiger charge is -2.31. The molecule has 1 unspecified atom stereocenters. The van der Waals surface area contributed by atoms with Crippen LogP contribution in [-0.2, 0) is 14.3 Å². The summed E-state index contributed by atoms with van der Waals surface area (Å²) in [5.74, 6) is -0.0732. The fourth-order valence-corrected chi connectivity index (χ4v) is 3.51. The molecule has 144 valence electrons. The van der Waals surface area contributed by atoms with Crippen molar-refractivity contribution >= 4 is 11.9 Å². The summed E-state index contributed by atoms with van der Waals surface area (Å²) >= 11 is 0. The second-order valence-corrected chi connectivity index (χ2v) is 7.37. The zero-order chi connectivity index (χ0) is 19.6. The van der Waals surface area contributed by atoms with Crippen LogP contribution in [-0.4, -0.2) is 35.6 Å². The number of nitrogens with zero attached hydrogens (tertiary/aromatic N) is 2. The van der Waals surface area contributed by atoms with Gasteiger partial charge in [-0.15, -0.1) is 0 Å². The van der Waals surface area contributed by atoms with Gasteiger partial charge < -0.3 is 14.8 Å². The molecule has 0 aliphatic carbocycles. The minimum atomic E-state index is -0.332. The lowest BCUT2D eigenvalue weighted by atomic mass is 9.80. The average molecular weight is 369 g/mol. The summed E-state index contributed by atoms with van der Waals surface area (Å²) in [7, 11) is 0. The highest BCUT2D eigenvalue weighted by molar-refractivity contribution is 6.02. The molecule has 0 aromatic carbocycles. The lowest BCUT2D eigenvalue weighted by molar-refractivity contribution is -0.138. The van der Waals surface area contributed by atoms with Crippen LogP contribution in [0.1, 0.15) is 52.5 Å². The van der Waals surface area contributed by atoms with Gasteiger partial charge in [0.2, 0.25) is 5.90 Å². The number of hydrogen-bond donors (Lipinski definition) is 1. The molecule has 1 atom stereocenters. The van der Waals surface area contributed by atoms with E-state index in [9.17, 15) is 4.79 Å². The number of carbonyl (C=O) groups excluding carboxylic acids is 1. The van der Waals surface area contributed by atoms with Crippen molar-refractivity contribution < 1.29 is 14.3 Å². The van der Waals surface area contributed by atoms with Crippen LogP contribution < -0.4 is 5.32 Å². The Bertz CT molecular complexity index is 822. The topological polar surface area (TPSA) is 72.8 Å². The fourth-order valence-electron chi connectivity index (χ4n) is 3.51. The van der Waals surface area contributed by atoms with Gasteiger partial charge in [-0.1, -0.05) is 13.0 Å². The van der Waals surface area contributed by atoms with E-state index >= 15 is 0 Å². The molecule has 6 nitrogen and oxygen atoms in total. The molecule has 0 bridgehead atoms. The van der Waals surface area contributed by atoms with Crippen molar-refractivity contribution in [2.24, 2.45) is 4.99 Å². The van der Waals surface area contributed by atoms with Crippen LogP contribution in [0.15, 0.2) is 52.1 Å². The molecule has 0 radical (unpaired) electrons. The number of aromatic nitrogens is 1. The van der Waals surface area contributed by atoms with E-state index in [-0.39, 0.29) is 17.4 Å². The summed E-state index contributed by atoms with van der Waals surface area (Å²) in [4.78, 5) is 21.9. The van der Waals surface area contributed by atoms with Crippen molar-refractivity contribution in [1.82, 2.24) is 10.3 Å². The Morgan fingerprint density at radius 2 is 2.19 bits per heavy atom. The number of allylic oxidation sites excluding steroid dienone is 2. The molecule has 2 aliphatic heterocycles. The van der Waals surface area contributed by atoms with E-state index in [0.717, 1.165) is 29.0 Å². The third kappa shape index (κ3) is 3.75. The van der Waals surface area contributed by atoms with Gasteiger partial charge in [-0.2, -0.15) is 0 Å². The molecule has 3 rings (SSSR count). The van der Waals surface area contributed by atoms with Gasteiger partial charge in [0.1, 0.15) is 6.61 Å². The number of aliphatic imine (C=N–C) groups is 1. The van der Waals surface area contributed by atoms with Crippen molar-refractivity contribution in [1.29, 1.82) is 0 Å². The minimum Gasteiger partial charge on any atom is -0.475 e. The maximum Gasteiger partial charge on any atom is 0.336 e. The van der Waals surface area contributed by atoms with Gasteiger partial charge in [-0.05, 0) is 45.7 Å². The van der Waals surface area contributed by atoms with Crippen LogP contribution in [0.3, 0.4) is 0 Å². The predicted molar refractivity (Wildman–Crippen MR) is 104 cm³/mol. The Morgan fingerprint density at radius 3 is 2.74 bits per heavy atom. The molecule has 1 aromatic rings. The molecule has 27 heavy (non-hydrogen) atoms. The number of esters is 1. The van der Waals surface area contributed by atoms with Gasteiger partial charge in [0.25, 0.3) is 0 Å². The predicted octanol–water partition coefficient (Wildman–Crippen LogP) is 3.48. The lowest BCUT2D eigenvalue weighted by Crippen LogP contribution is -2.32. The summed E-state index contributed by atoms with van der Waals surface area (Å²) in [5.41, 5.74) is 3.89. The van der Waals surface area contributed by atoms with E-state index in [1.54, 1.807) is 12.4 Å². The van der Waals surface area contributed by atoms with Gasteiger partial charge in [0.05, 0.1) is 23.6 Å². The molecule has 0 amide bonds. The molecule has 1 aromatic heterocycles. The molecular formula is C21H27N3O3. The molecule has 0 saturated heterocycles. The number of ether oxygens (including phenoxy) is 2. The molecule has 1 N–H and O–H groups in total. The molecule has 3 heterocycles. The van der Waals surface area contributed by atoms with Gasteiger partial charge in [0.15, 0.2) is 0 Å². The van der Waals surface area contributed by atoms with Crippen molar-refractivity contribution in [3.8, 4) is 0 Å². The van der Waals surface area contributed by atoms with Crippen LogP contribution in [0.5, 0.6) is 0 Å². The zero-order valence-corrected chi connectivity index (χ0v) is 16.6. The summed E-state index contributed by atoms with van der Waals surface area (Å²) in [5, 5.41) is 3.39. The van der Waals surface area contributed by atoms with E-state index in [1.165, 1.54) is 0 Å². The molecule has 0 saturated carbocycles. The summed E-state index contributed by atoms with van der Waals surface area (Å²) in [6.45, 7) is 10.7. The van der Waals surface area contributed by atoms with Gasteiger partial charge >= 0.3 is 5.97 Å². The molecule has 0 fully saturated rings. The van der Waals surface area contributed by atoms with E-state index in [1.807, 2.05) is 39.8 Å². The Labute approximate surface area is 160 Å². The number of hydrogen-bond acceptors (Lipinski definition) is 6. The zero-order valence-electron chi connectivity index (χ0n) is 16.6. The smallest absolute Gasteiger partial charge is 0.336 e. The number of nitrogens with one attached hydrogen (secondary N) is 1. The average Bonchev–Trinajstić information content (AvgIpc) is 3.00. The first-order valence-electron chi connectivity index (χ1n) is 9.38. The highest BCUT2D eigenvalue weighted by Gasteiger charge is 2.40. The number of pyridine rings is 1. The van der Waals surface area contributed by atoms with Crippen molar-refractivity contribution in [3.05, 3.63) is 52.6 Å². The minimum absolute atomic E-state index is 0.291. The third-order valence-corrected chi connectivity index (χ3v) is 4.71. The van der Waals surface area contributed by atoms with E-state index < -0.39 is 0 Å². The maximum absolute atomic E-state index is 12.8. The van der Waals surface area contributed by atoms with Gasteiger partial charge in [-0.25, -0.2) is 9.79 Å². The van der Waals surface area contributed by atoms with Crippen molar-refractivity contribution in [2.45, 2.75) is 52.5 Å². The Kier molecular flexibility index (Phi) is 5.35. The highest BCUT2D eigenvalue weighted by Crippen LogP contribution is 2.41. The highest BCUT2D eigenvalue weighted by atomic mass is 16.5. The molecule has 6 heteroatoms. The SMILES string of the molecule is CCOC(=O)C1=C(C)NC(CC)=C(C2=NC(C)(C)CO2)C1c1cccnc1. The Balaban J connectivity index is 2.19. The van der Waals surface area contributed by atoms with E-state index in [2.05, 4.69) is 17.2 Å². The normalized spacial score (nSPS) is 21.5. The molecular weight excluding hydrogens is 342 g/mol. The Hall–Kier alpha value is -2.63. The van der Waals surface area contributed by atoms with Crippen molar-refractivity contribution in [2.75, 3.05) is 13.2 Å². The third-order valence-electron chi connectivity index (χ3n) is 4.71. The van der Waals surface area contributed by atoms with Gasteiger partial charge in [0, 0.05) is 29.4 Å². The quantitative estimate of drug-likeness (QED) is 0.805. The molecule has 2 aliphatic rings. The monoisotopic (exact) mass is 369 g/mol. The van der Waals surface area contributed by atoms with Crippen LogP contribution in [0.4, 0.5) is 0 Å². The number of rotatable bonds is 5. The van der Waals surface area contributed by atoms with E-state index in [4.69, 9.17) is 14.5 Å². The molecule has 0 spiro atoms. The maximum atomic E-state index is 12.8. The fraction of sp³-hybridized carbons (Fsp3) is 0.476. The van der Waals surface area contributed by atoms with Crippen LogP contribution >= 0.6 is 0 Å². The number of carbonyl (C=O) groups is 1. The first kappa shape index (κ1) is 19.1. The second kappa shape index (κ2) is 7.55. The second-order valence-electron chi connectivity index (χ2n) is 7.37. The Morgan fingerprint density at radius 1 is 1.41 bits per heavy atom. The summed E-state index contributed by atoms with van der Waals surface area (Å²) < 4.78 is 11.3. The van der Waals surface area contributed by atoms with E-state index in [0.29, 0.717) is 24.7 Å². The van der Waals surface area contributed by atoms with Crippen LogP contribution in [0, 0.1) is 0 Å². The van der Waals surface area contributed by atoms with Gasteiger partial charge in [-0.3, -0.25) is 4.98 Å². The first-order valence-corrected chi connectivity index (χ1v) is 9.38. The van der Waals surface area contributed by atoms with Crippen LogP contribution in [0.25, 0.3) is 0 Å². The standard InChI is InChI=1S/C21H27N3O3/c1-6-15-18(19-24-21(4,5)12-27-19)17(14-9-8-10-22-11-14)16(13(3)23-15)20(25)26-7-2/h8-11,17,23H,6-7,12H2,1-5H3. The van der Waals surface area contributed by atoms with Crippen molar-refractivity contribution in [3.63, 3.8) is 0 Å². The summed E-state index contributed by atoms with van der Waals surface area (Å²) in [6.07, 6.45) is 4.28. The first-order chi connectivity index (χ1) is 12.9. The van der Waals surface area contributed by atoms with Crippen LogP contribution in [0.2, 0.25) is 0 Å². The number of dihydropyridines is 1. The summed E-state index contributed by atoms with van der Waals surface area (Å²) in [6, 6.07) is 3.85. The largest absolute Gasteiger partial charge is 0.475 e.